The van der Waals surface area contributed by atoms with Crippen molar-refractivity contribution in [3.63, 3.8) is 0 Å². The van der Waals surface area contributed by atoms with E-state index in [1.165, 1.54) is 34.6 Å². The Hall–Kier alpha value is -4.13. The van der Waals surface area contributed by atoms with Crippen LogP contribution in [-0.4, -0.2) is 34.5 Å². The number of thiazole rings is 1. The number of rotatable bonds is 5. The molecule has 3 aromatic heterocycles. The molecule has 158 valence electrons. The Kier molecular flexibility index (Phi) is 4.94. The van der Waals surface area contributed by atoms with Crippen molar-refractivity contribution >= 4 is 39.2 Å². The molecule has 0 bridgehead atoms. The summed E-state index contributed by atoms with van der Waals surface area (Å²) >= 11 is 1.12. The molecule has 0 atom stereocenters. The van der Waals surface area contributed by atoms with E-state index in [4.69, 9.17) is 0 Å². The smallest absolute Gasteiger partial charge is 0.328 e. The first kappa shape index (κ1) is 20.2. The van der Waals surface area contributed by atoms with Crippen LogP contribution < -0.4 is 16.6 Å². The van der Waals surface area contributed by atoms with Gasteiger partial charge in [-0.15, -0.1) is 11.3 Å². The monoisotopic (exact) mass is 441 g/mol. The van der Waals surface area contributed by atoms with E-state index in [9.17, 15) is 24.5 Å². The fourth-order valence-electron chi connectivity index (χ4n) is 3.08. The number of nitrogens with zero attached hydrogens (tertiary/aromatic N) is 6. The van der Waals surface area contributed by atoms with Crippen LogP contribution in [0.1, 0.15) is 0 Å². The van der Waals surface area contributed by atoms with Crippen LogP contribution in [0.4, 0.5) is 10.8 Å². The summed E-state index contributed by atoms with van der Waals surface area (Å²) in [5, 5.41) is 15.4. The average molecular weight is 441 g/mol. The van der Waals surface area contributed by atoms with Crippen molar-refractivity contribution in [1.82, 2.24) is 23.7 Å². The number of fused-ring (bicyclic) bond motifs is 1. The van der Waals surface area contributed by atoms with Gasteiger partial charge in [0.25, 0.3) is 11.2 Å². The molecule has 4 rings (SSSR count). The van der Waals surface area contributed by atoms with Crippen molar-refractivity contribution in [2.75, 3.05) is 5.32 Å². The van der Waals surface area contributed by atoms with Crippen LogP contribution in [0.3, 0.4) is 0 Å². The van der Waals surface area contributed by atoms with E-state index in [0.29, 0.717) is 11.3 Å². The minimum absolute atomic E-state index is 0.0723. The molecule has 4 aromatic rings. The van der Waals surface area contributed by atoms with Crippen LogP contribution in [-0.2, 0) is 25.4 Å². The fraction of sp³-hybridized carbons (Fsp3) is 0.167. The number of hydrogen-bond donors (Lipinski definition) is 1. The molecule has 0 spiro atoms. The van der Waals surface area contributed by atoms with Crippen LogP contribution in [0, 0.1) is 10.1 Å². The highest BCUT2D eigenvalue weighted by molar-refractivity contribution is 7.14. The summed E-state index contributed by atoms with van der Waals surface area (Å²) in [5.74, 6) is -0.610. The predicted octanol–water partition coefficient (Wildman–Crippen LogP) is 1.10. The summed E-state index contributed by atoms with van der Waals surface area (Å²) < 4.78 is 3.51. The molecule has 0 saturated heterocycles. The van der Waals surface area contributed by atoms with Gasteiger partial charge in [0.2, 0.25) is 5.91 Å². The van der Waals surface area contributed by atoms with Gasteiger partial charge in [-0.2, -0.15) is 0 Å². The standard InChI is InChI=1S/C18H15N7O5S/c1-22-9-19-15-14(22)16(27)24(18(28)23(15)2)7-13(26)21-17-20-12(8-31-17)10-4-3-5-11(6-10)25(29)30/h3-6,8-9H,7H2,1-2H3,(H,20,21,26). The molecule has 0 radical (unpaired) electrons. The minimum atomic E-state index is -0.664. The van der Waals surface area contributed by atoms with Crippen molar-refractivity contribution < 1.29 is 9.72 Å². The van der Waals surface area contributed by atoms with Gasteiger partial charge in [-0.05, 0) is 0 Å². The number of aryl methyl sites for hydroxylation is 2. The van der Waals surface area contributed by atoms with Crippen molar-refractivity contribution in [1.29, 1.82) is 0 Å². The van der Waals surface area contributed by atoms with Crippen LogP contribution in [0.15, 0.2) is 45.6 Å². The maximum Gasteiger partial charge on any atom is 0.332 e. The molecule has 3 heterocycles. The first-order chi connectivity index (χ1) is 14.8. The zero-order valence-corrected chi connectivity index (χ0v) is 17.1. The quantitative estimate of drug-likeness (QED) is 0.360. The van der Waals surface area contributed by atoms with E-state index >= 15 is 0 Å². The molecule has 0 saturated carbocycles. The van der Waals surface area contributed by atoms with Crippen LogP contribution in [0.2, 0.25) is 0 Å². The number of amides is 1. The van der Waals surface area contributed by atoms with Crippen molar-refractivity contribution in [3.8, 4) is 11.3 Å². The van der Waals surface area contributed by atoms with Gasteiger partial charge >= 0.3 is 5.69 Å². The van der Waals surface area contributed by atoms with Gasteiger partial charge in [0, 0.05) is 37.2 Å². The zero-order valence-electron chi connectivity index (χ0n) is 16.3. The Morgan fingerprint density at radius 2 is 2.06 bits per heavy atom. The second-order valence-electron chi connectivity index (χ2n) is 6.65. The lowest BCUT2D eigenvalue weighted by molar-refractivity contribution is -0.384. The number of anilines is 1. The second-order valence-corrected chi connectivity index (χ2v) is 7.51. The molecule has 0 unspecified atom stereocenters. The zero-order chi connectivity index (χ0) is 22.3. The van der Waals surface area contributed by atoms with Crippen molar-refractivity contribution in [2.24, 2.45) is 14.1 Å². The molecule has 0 fully saturated rings. The summed E-state index contributed by atoms with van der Waals surface area (Å²) in [5.41, 5.74) is 0.0585. The maximum atomic E-state index is 12.7. The molecule has 0 aliphatic rings. The Morgan fingerprint density at radius 3 is 2.81 bits per heavy atom. The highest BCUT2D eigenvalue weighted by atomic mass is 32.1. The lowest BCUT2D eigenvalue weighted by Gasteiger charge is -2.08. The first-order valence-corrected chi connectivity index (χ1v) is 9.75. The van der Waals surface area contributed by atoms with Gasteiger partial charge in [-0.3, -0.25) is 24.3 Å². The number of benzene rings is 1. The molecule has 0 aliphatic carbocycles. The van der Waals surface area contributed by atoms with Crippen molar-refractivity contribution in [3.05, 3.63) is 66.9 Å². The van der Waals surface area contributed by atoms with E-state index in [2.05, 4.69) is 15.3 Å². The molecule has 0 aliphatic heterocycles. The number of nitrogens with one attached hydrogen (secondary N) is 1. The number of nitro groups is 1. The Bertz CT molecular complexity index is 1460. The van der Waals surface area contributed by atoms with Gasteiger partial charge in [0.15, 0.2) is 16.3 Å². The lowest BCUT2D eigenvalue weighted by atomic mass is 10.1. The summed E-state index contributed by atoms with van der Waals surface area (Å²) in [6.45, 7) is -0.502. The SMILES string of the molecule is Cn1cnc2c1c(=O)n(CC(=O)Nc1nc(-c3cccc([N+](=O)[O-])c3)cs1)c(=O)n2C. The molecule has 31 heavy (non-hydrogen) atoms. The first-order valence-electron chi connectivity index (χ1n) is 8.87. The van der Waals surface area contributed by atoms with E-state index < -0.39 is 28.6 Å². The molecule has 13 heteroatoms. The molecule has 1 amide bonds. The largest absolute Gasteiger partial charge is 0.332 e. The number of aromatic nitrogens is 5. The normalized spacial score (nSPS) is 11.0. The van der Waals surface area contributed by atoms with Crippen LogP contribution in [0.5, 0.6) is 0 Å². The predicted molar refractivity (Wildman–Crippen MR) is 113 cm³/mol. The maximum absolute atomic E-state index is 12.7. The average Bonchev–Trinajstić information content (AvgIpc) is 3.36. The molecule has 12 nitrogen and oxygen atoms in total. The van der Waals surface area contributed by atoms with Gasteiger partial charge in [0.05, 0.1) is 16.9 Å². The summed E-state index contributed by atoms with van der Waals surface area (Å²) in [6, 6.07) is 5.96. The third-order valence-electron chi connectivity index (χ3n) is 4.61. The van der Waals surface area contributed by atoms with Gasteiger partial charge in [-0.25, -0.2) is 19.3 Å². The third kappa shape index (κ3) is 3.61. The Morgan fingerprint density at radius 1 is 1.29 bits per heavy atom. The highest BCUT2D eigenvalue weighted by Gasteiger charge is 2.18. The Balaban J connectivity index is 1.58. The third-order valence-corrected chi connectivity index (χ3v) is 5.36. The summed E-state index contributed by atoms with van der Waals surface area (Å²) in [7, 11) is 3.09. The summed E-state index contributed by atoms with van der Waals surface area (Å²) in [6.07, 6.45) is 1.42. The Labute approximate surface area is 177 Å². The van der Waals surface area contributed by atoms with E-state index in [-0.39, 0.29) is 22.0 Å². The molecular weight excluding hydrogens is 426 g/mol. The topological polar surface area (TPSA) is 147 Å². The van der Waals surface area contributed by atoms with Crippen molar-refractivity contribution in [2.45, 2.75) is 6.54 Å². The van der Waals surface area contributed by atoms with E-state index in [1.54, 1.807) is 24.6 Å². The molecular formula is C18H15N7O5S. The van der Waals surface area contributed by atoms with Gasteiger partial charge < -0.3 is 9.88 Å². The molecule has 1 aromatic carbocycles. The summed E-state index contributed by atoms with van der Waals surface area (Å²) in [4.78, 5) is 56.4. The van der Waals surface area contributed by atoms with Crippen LogP contribution >= 0.6 is 11.3 Å². The number of carbonyl (C=O) groups is 1. The second kappa shape index (κ2) is 7.60. The van der Waals surface area contributed by atoms with E-state index in [0.717, 1.165) is 15.9 Å². The number of non-ortho nitro benzene ring substituents is 1. The lowest BCUT2D eigenvalue weighted by Crippen LogP contribution is -2.42. The molecule has 1 N–H and O–H groups in total. The van der Waals surface area contributed by atoms with Gasteiger partial charge in [0.1, 0.15) is 6.54 Å². The minimum Gasteiger partial charge on any atom is -0.328 e. The van der Waals surface area contributed by atoms with Crippen LogP contribution in [0.25, 0.3) is 22.4 Å². The fourth-order valence-corrected chi connectivity index (χ4v) is 3.82. The highest BCUT2D eigenvalue weighted by Crippen LogP contribution is 2.27. The van der Waals surface area contributed by atoms with E-state index in [1.807, 2.05) is 0 Å². The number of nitro benzene ring substituents is 1. The number of hydrogen-bond acceptors (Lipinski definition) is 8. The van der Waals surface area contributed by atoms with Gasteiger partial charge in [-0.1, -0.05) is 12.1 Å². The number of carbonyl (C=O) groups excluding carboxylic acids is 1. The number of imidazole rings is 1.